The van der Waals surface area contributed by atoms with Gasteiger partial charge in [-0.25, -0.2) is 4.79 Å². The van der Waals surface area contributed by atoms with Crippen LogP contribution in [0.1, 0.15) is 52.8 Å². The minimum atomic E-state index is -0.367. The number of thiophene rings is 1. The third-order valence-corrected chi connectivity index (χ3v) is 8.07. The Balaban J connectivity index is 1.38. The summed E-state index contributed by atoms with van der Waals surface area (Å²) in [5.41, 5.74) is 1.56. The predicted octanol–water partition coefficient (Wildman–Crippen LogP) is 5.29. The average molecular weight is 535 g/mol. The van der Waals surface area contributed by atoms with E-state index in [-0.39, 0.29) is 24.2 Å². The monoisotopic (exact) mass is 534 g/mol. The molecule has 2 aromatic heterocycles. The number of aryl methyl sites for hydroxylation is 1. The van der Waals surface area contributed by atoms with E-state index in [9.17, 15) is 9.59 Å². The van der Waals surface area contributed by atoms with Crippen LogP contribution in [0, 0.1) is 0 Å². The molecule has 1 N–H and O–H groups in total. The minimum Gasteiger partial charge on any atom is -0.486 e. The van der Waals surface area contributed by atoms with Gasteiger partial charge in [-0.2, -0.15) is 0 Å². The fourth-order valence-corrected chi connectivity index (χ4v) is 5.97. The molecule has 1 aliphatic rings. The molecule has 0 atom stereocenters. The van der Waals surface area contributed by atoms with E-state index >= 15 is 0 Å². The van der Waals surface area contributed by atoms with Gasteiger partial charge in [0.2, 0.25) is 5.91 Å². The zero-order valence-corrected chi connectivity index (χ0v) is 22.0. The van der Waals surface area contributed by atoms with Gasteiger partial charge < -0.3 is 19.4 Å². The van der Waals surface area contributed by atoms with Crippen LogP contribution >= 0.6 is 34.7 Å². The first-order valence-corrected chi connectivity index (χ1v) is 13.6. The molecular weight excluding hydrogens is 508 g/mol. The number of halogens is 1. The fraction of sp³-hybridized carbons (Fsp3) is 0.417. The van der Waals surface area contributed by atoms with Crippen LogP contribution in [0.15, 0.2) is 29.4 Å². The van der Waals surface area contributed by atoms with Crippen LogP contribution in [-0.2, 0) is 36.0 Å². The topological polar surface area (TPSA) is 95.3 Å². The third kappa shape index (κ3) is 6.36. The number of hydrogen-bond acceptors (Lipinski definition) is 8. The van der Waals surface area contributed by atoms with E-state index in [2.05, 4.69) is 15.5 Å². The van der Waals surface area contributed by atoms with Gasteiger partial charge in [-0.1, -0.05) is 29.8 Å². The van der Waals surface area contributed by atoms with Crippen LogP contribution in [0.5, 0.6) is 5.75 Å². The Labute approximate surface area is 217 Å². The number of aromatic nitrogens is 3. The van der Waals surface area contributed by atoms with Crippen molar-refractivity contribution in [3.8, 4) is 5.75 Å². The third-order valence-electron chi connectivity index (χ3n) is 5.59. The van der Waals surface area contributed by atoms with E-state index in [1.165, 1.54) is 28.0 Å². The molecule has 0 saturated heterocycles. The van der Waals surface area contributed by atoms with Gasteiger partial charge in [0.1, 0.15) is 17.4 Å². The Morgan fingerprint density at radius 1 is 1.17 bits per heavy atom. The Bertz CT molecular complexity index is 1190. The SMILES string of the molecule is CCOC(=O)c1c(NC(=O)CSc2nnc(COc3ccc(Cl)cc3)n2C)sc2c1CCCCC2. The van der Waals surface area contributed by atoms with Gasteiger partial charge in [-0.15, -0.1) is 21.5 Å². The van der Waals surface area contributed by atoms with Crippen LogP contribution in [0.3, 0.4) is 0 Å². The largest absolute Gasteiger partial charge is 0.486 e. The van der Waals surface area contributed by atoms with Gasteiger partial charge in [0.05, 0.1) is 17.9 Å². The van der Waals surface area contributed by atoms with Crippen LogP contribution in [0.25, 0.3) is 0 Å². The van der Waals surface area contributed by atoms with Crippen molar-refractivity contribution in [2.24, 2.45) is 7.05 Å². The van der Waals surface area contributed by atoms with Gasteiger partial charge in [0.25, 0.3) is 0 Å². The molecule has 0 fully saturated rings. The molecule has 3 aromatic rings. The summed E-state index contributed by atoms with van der Waals surface area (Å²) < 4.78 is 12.8. The zero-order valence-electron chi connectivity index (χ0n) is 19.6. The summed E-state index contributed by atoms with van der Waals surface area (Å²) in [4.78, 5) is 26.6. The van der Waals surface area contributed by atoms with Gasteiger partial charge in [-0.3, -0.25) is 4.79 Å². The number of nitrogens with zero attached hydrogens (tertiary/aromatic N) is 3. The quantitative estimate of drug-likeness (QED) is 0.226. The number of carbonyl (C=O) groups is 2. The Hall–Kier alpha value is -2.56. The lowest BCUT2D eigenvalue weighted by molar-refractivity contribution is -0.113. The number of anilines is 1. The molecule has 11 heteroatoms. The number of hydrogen-bond donors (Lipinski definition) is 1. The van der Waals surface area contributed by atoms with Crippen molar-refractivity contribution in [1.29, 1.82) is 0 Å². The number of nitrogens with one attached hydrogen (secondary N) is 1. The van der Waals surface area contributed by atoms with Gasteiger partial charge in [-0.05, 0) is 62.4 Å². The van der Waals surface area contributed by atoms with Crippen LogP contribution in [-0.4, -0.2) is 39.0 Å². The molecule has 8 nitrogen and oxygen atoms in total. The molecule has 1 aliphatic carbocycles. The molecule has 0 saturated carbocycles. The Kier molecular flexibility index (Phi) is 8.69. The van der Waals surface area contributed by atoms with Crippen LogP contribution in [0.2, 0.25) is 5.02 Å². The number of rotatable bonds is 9. The molecule has 0 unspecified atom stereocenters. The molecule has 1 aromatic carbocycles. The average Bonchev–Trinajstić information content (AvgIpc) is 3.27. The van der Waals surface area contributed by atoms with E-state index in [0.29, 0.717) is 38.9 Å². The second kappa shape index (κ2) is 11.9. The lowest BCUT2D eigenvalue weighted by atomic mass is 10.1. The van der Waals surface area contributed by atoms with Crippen molar-refractivity contribution in [3.05, 3.63) is 51.1 Å². The highest BCUT2D eigenvalue weighted by molar-refractivity contribution is 7.99. The second-order valence-corrected chi connectivity index (χ2v) is 10.5. The van der Waals surface area contributed by atoms with Gasteiger partial charge >= 0.3 is 5.97 Å². The number of ether oxygens (including phenoxy) is 2. The second-order valence-electron chi connectivity index (χ2n) is 8.03. The Morgan fingerprint density at radius 3 is 2.71 bits per heavy atom. The molecule has 0 bridgehead atoms. The molecule has 0 aliphatic heterocycles. The summed E-state index contributed by atoms with van der Waals surface area (Å²) >= 11 is 8.67. The summed E-state index contributed by atoms with van der Waals surface area (Å²) in [6.45, 7) is 2.32. The molecule has 2 heterocycles. The van der Waals surface area contributed by atoms with E-state index in [0.717, 1.165) is 37.7 Å². The summed E-state index contributed by atoms with van der Waals surface area (Å²) in [7, 11) is 1.83. The summed E-state index contributed by atoms with van der Waals surface area (Å²) in [6.07, 6.45) is 5.04. The fourth-order valence-electron chi connectivity index (χ4n) is 3.82. The van der Waals surface area contributed by atoms with Crippen molar-refractivity contribution < 1.29 is 19.1 Å². The maximum absolute atomic E-state index is 12.8. The normalized spacial score (nSPS) is 13.1. The highest BCUT2D eigenvalue weighted by Crippen LogP contribution is 2.38. The van der Waals surface area contributed by atoms with Crippen LogP contribution < -0.4 is 10.1 Å². The van der Waals surface area contributed by atoms with Crippen molar-refractivity contribution in [2.75, 3.05) is 17.7 Å². The number of fused-ring (bicyclic) bond motifs is 1. The summed E-state index contributed by atoms with van der Waals surface area (Å²) in [5, 5.41) is 13.1. The highest BCUT2D eigenvalue weighted by Gasteiger charge is 2.26. The number of carbonyl (C=O) groups excluding carboxylic acids is 2. The molecule has 0 radical (unpaired) electrons. The number of amides is 1. The molecule has 0 spiro atoms. The van der Waals surface area contributed by atoms with Gasteiger partial charge in [0.15, 0.2) is 11.0 Å². The first kappa shape index (κ1) is 25.5. The number of benzene rings is 1. The molecular formula is C24H27ClN4O4S2. The smallest absolute Gasteiger partial charge is 0.341 e. The number of thioether (sulfide) groups is 1. The summed E-state index contributed by atoms with van der Waals surface area (Å²) in [6, 6.07) is 7.08. The lowest BCUT2D eigenvalue weighted by Crippen LogP contribution is -2.17. The summed E-state index contributed by atoms with van der Waals surface area (Å²) in [5.74, 6) is 0.870. The maximum Gasteiger partial charge on any atom is 0.341 e. The first-order valence-electron chi connectivity index (χ1n) is 11.5. The molecule has 1 amide bonds. The first-order chi connectivity index (χ1) is 17.0. The molecule has 4 rings (SSSR count). The Morgan fingerprint density at radius 2 is 1.94 bits per heavy atom. The van der Waals surface area contributed by atoms with E-state index in [1.54, 1.807) is 35.8 Å². The minimum absolute atomic E-state index is 0.134. The predicted molar refractivity (Wildman–Crippen MR) is 138 cm³/mol. The highest BCUT2D eigenvalue weighted by atomic mass is 35.5. The van der Waals surface area contributed by atoms with Crippen molar-refractivity contribution in [2.45, 2.75) is 50.8 Å². The van der Waals surface area contributed by atoms with E-state index in [4.69, 9.17) is 21.1 Å². The lowest BCUT2D eigenvalue weighted by Gasteiger charge is -2.09. The van der Waals surface area contributed by atoms with Crippen LogP contribution in [0.4, 0.5) is 5.00 Å². The van der Waals surface area contributed by atoms with Crippen molar-refractivity contribution >= 4 is 51.6 Å². The van der Waals surface area contributed by atoms with Gasteiger partial charge in [0, 0.05) is 16.9 Å². The maximum atomic E-state index is 12.8. The standard InChI is InChI=1S/C24H27ClN4O4S2/c1-3-32-23(31)21-17-7-5-4-6-8-18(17)35-22(21)26-20(30)14-34-24-28-27-19(29(24)2)13-33-16-11-9-15(25)10-12-16/h9-12H,3-8,13-14H2,1-2H3,(H,26,30). The van der Waals surface area contributed by atoms with Crippen molar-refractivity contribution in [3.63, 3.8) is 0 Å². The van der Waals surface area contributed by atoms with E-state index in [1.807, 2.05) is 7.05 Å². The van der Waals surface area contributed by atoms with Crippen molar-refractivity contribution in [1.82, 2.24) is 14.8 Å². The van der Waals surface area contributed by atoms with E-state index < -0.39 is 0 Å². The molecule has 35 heavy (non-hydrogen) atoms. The number of esters is 1. The zero-order chi connectivity index (χ0) is 24.8. The molecule has 186 valence electrons.